The van der Waals surface area contributed by atoms with Gasteiger partial charge in [0.05, 0.1) is 4.90 Å². The maximum atomic E-state index is 13.1. The minimum Gasteiger partial charge on any atom is -0.371 e. The first-order valence-electron chi connectivity index (χ1n) is 10.5. The summed E-state index contributed by atoms with van der Waals surface area (Å²) >= 11 is 0. The van der Waals surface area contributed by atoms with Crippen LogP contribution in [0.2, 0.25) is 0 Å². The van der Waals surface area contributed by atoms with E-state index in [0.717, 1.165) is 30.8 Å². The zero-order valence-corrected chi connectivity index (χ0v) is 19.1. The number of nitrogens with one attached hydrogen (secondary N) is 2. The van der Waals surface area contributed by atoms with Gasteiger partial charge in [0.1, 0.15) is 5.82 Å². The number of rotatable bonds is 8. The summed E-state index contributed by atoms with van der Waals surface area (Å²) in [5.41, 5.74) is 3.38. The Labute approximate surface area is 183 Å². The van der Waals surface area contributed by atoms with Crippen LogP contribution in [0.4, 0.5) is 10.1 Å². The lowest BCUT2D eigenvalue weighted by Crippen LogP contribution is -2.34. The Bertz CT molecular complexity index is 1020. The van der Waals surface area contributed by atoms with Gasteiger partial charge in [0.15, 0.2) is 0 Å². The molecule has 1 fully saturated rings. The van der Waals surface area contributed by atoms with E-state index in [0.29, 0.717) is 23.6 Å². The predicted molar refractivity (Wildman–Crippen MR) is 120 cm³/mol. The summed E-state index contributed by atoms with van der Waals surface area (Å²) in [6, 6.07) is 10.1. The smallest absolute Gasteiger partial charge is 0.241 e. The van der Waals surface area contributed by atoms with Crippen LogP contribution in [0.25, 0.3) is 0 Å². The van der Waals surface area contributed by atoms with Gasteiger partial charge in [-0.15, -0.1) is 0 Å². The second kappa shape index (κ2) is 9.78. The van der Waals surface area contributed by atoms with E-state index in [1.807, 2.05) is 19.1 Å². The molecule has 31 heavy (non-hydrogen) atoms. The number of carbonyl (C=O) groups is 1. The van der Waals surface area contributed by atoms with Crippen molar-refractivity contribution in [1.82, 2.24) is 10.0 Å². The third kappa shape index (κ3) is 6.04. The van der Waals surface area contributed by atoms with Crippen molar-refractivity contribution >= 4 is 21.6 Å². The van der Waals surface area contributed by atoms with Crippen molar-refractivity contribution in [3.8, 4) is 0 Å². The van der Waals surface area contributed by atoms with Crippen molar-refractivity contribution in [2.24, 2.45) is 5.92 Å². The van der Waals surface area contributed by atoms with Gasteiger partial charge in [-0.25, -0.2) is 17.5 Å². The van der Waals surface area contributed by atoms with Gasteiger partial charge >= 0.3 is 0 Å². The van der Waals surface area contributed by atoms with Gasteiger partial charge in [-0.2, -0.15) is 0 Å². The molecule has 0 spiro atoms. The van der Waals surface area contributed by atoms with Crippen LogP contribution in [0.3, 0.4) is 0 Å². The quantitative estimate of drug-likeness (QED) is 0.652. The van der Waals surface area contributed by atoms with Crippen molar-refractivity contribution in [2.45, 2.75) is 38.5 Å². The second-order valence-corrected chi connectivity index (χ2v) is 9.96. The van der Waals surface area contributed by atoms with E-state index in [4.69, 9.17) is 0 Å². The summed E-state index contributed by atoms with van der Waals surface area (Å²) in [6.07, 6.45) is 1.02. The highest BCUT2D eigenvalue weighted by Gasteiger charge is 2.23. The number of hydrogen-bond acceptors (Lipinski definition) is 4. The summed E-state index contributed by atoms with van der Waals surface area (Å²) < 4.78 is 40.9. The monoisotopic (exact) mass is 447 g/mol. The number of carbonyl (C=O) groups excluding carboxylic acids is 1. The molecular formula is C23H30FN3O3S. The molecule has 1 atom stereocenters. The highest BCUT2D eigenvalue weighted by atomic mass is 32.2. The molecule has 0 aliphatic carbocycles. The predicted octanol–water partition coefficient (Wildman–Crippen LogP) is 3.06. The van der Waals surface area contributed by atoms with Gasteiger partial charge < -0.3 is 10.2 Å². The maximum Gasteiger partial charge on any atom is 0.241 e. The van der Waals surface area contributed by atoms with Gasteiger partial charge in [0, 0.05) is 38.3 Å². The number of benzene rings is 2. The molecule has 0 saturated carbocycles. The minimum atomic E-state index is -3.67. The first-order valence-corrected chi connectivity index (χ1v) is 12.0. The number of aryl methyl sites for hydroxylation is 3. The van der Waals surface area contributed by atoms with E-state index in [9.17, 15) is 17.6 Å². The minimum absolute atomic E-state index is 0.0489. The lowest BCUT2D eigenvalue weighted by molar-refractivity contribution is -0.121. The average Bonchev–Trinajstić information content (AvgIpc) is 3.14. The summed E-state index contributed by atoms with van der Waals surface area (Å²) in [6.45, 7) is 7.73. The van der Waals surface area contributed by atoms with Crippen molar-refractivity contribution < 1.29 is 17.6 Å². The first kappa shape index (κ1) is 23.2. The Hall–Kier alpha value is -2.45. The number of hydrogen-bond donors (Lipinski definition) is 2. The van der Waals surface area contributed by atoms with Crippen molar-refractivity contribution in [3.05, 3.63) is 58.9 Å². The fraction of sp³-hybridized carbons (Fsp3) is 0.435. The van der Waals surface area contributed by atoms with Crippen LogP contribution in [-0.2, 0) is 14.8 Å². The molecule has 0 bridgehead atoms. The molecule has 1 amide bonds. The first-order chi connectivity index (χ1) is 14.7. The lowest BCUT2D eigenvalue weighted by atomic mass is 10.1. The molecule has 1 aliphatic rings. The number of anilines is 1. The van der Waals surface area contributed by atoms with Crippen LogP contribution < -0.4 is 14.9 Å². The van der Waals surface area contributed by atoms with Crippen LogP contribution in [0.5, 0.6) is 0 Å². The standard InChI is InChI=1S/C23H30FN3O3S/c1-16-12-17(2)23(18(3)13-16)31(29,30)26-10-8-22(28)25-14-19-9-11-27(15-19)21-6-4-20(24)5-7-21/h4-7,12-13,19,26H,8-11,14-15H2,1-3H3,(H,25,28). The molecule has 1 unspecified atom stereocenters. The molecule has 6 nitrogen and oxygen atoms in total. The van der Waals surface area contributed by atoms with Gasteiger partial charge in [0.2, 0.25) is 15.9 Å². The normalized spacial score (nSPS) is 16.5. The molecular weight excluding hydrogens is 417 g/mol. The molecule has 3 rings (SSSR count). The van der Waals surface area contributed by atoms with E-state index >= 15 is 0 Å². The molecule has 2 aromatic carbocycles. The zero-order valence-electron chi connectivity index (χ0n) is 18.2. The second-order valence-electron chi connectivity index (χ2n) is 8.26. The fourth-order valence-electron chi connectivity index (χ4n) is 4.19. The summed E-state index contributed by atoms with van der Waals surface area (Å²) in [5.74, 6) is -0.126. The van der Waals surface area contributed by atoms with E-state index in [1.165, 1.54) is 12.1 Å². The fourth-order valence-corrected chi connectivity index (χ4v) is 5.67. The Balaban J connectivity index is 1.43. The van der Waals surface area contributed by atoms with E-state index in [2.05, 4.69) is 14.9 Å². The molecule has 2 aromatic rings. The topological polar surface area (TPSA) is 78.5 Å². The number of sulfonamides is 1. The Morgan fingerprint density at radius 3 is 2.42 bits per heavy atom. The number of amides is 1. The van der Waals surface area contributed by atoms with E-state index < -0.39 is 10.0 Å². The molecule has 2 N–H and O–H groups in total. The van der Waals surface area contributed by atoms with Crippen LogP contribution in [-0.4, -0.2) is 40.5 Å². The summed E-state index contributed by atoms with van der Waals surface area (Å²) in [7, 11) is -3.67. The van der Waals surface area contributed by atoms with E-state index in [-0.39, 0.29) is 29.6 Å². The summed E-state index contributed by atoms with van der Waals surface area (Å²) in [5, 5.41) is 2.90. The van der Waals surface area contributed by atoms with Crippen molar-refractivity contribution in [1.29, 1.82) is 0 Å². The van der Waals surface area contributed by atoms with Gasteiger partial charge in [-0.1, -0.05) is 17.7 Å². The SMILES string of the molecule is Cc1cc(C)c(S(=O)(=O)NCCC(=O)NCC2CCN(c3ccc(F)cc3)C2)c(C)c1. The largest absolute Gasteiger partial charge is 0.371 e. The van der Waals surface area contributed by atoms with Crippen molar-refractivity contribution in [2.75, 3.05) is 31.1 Å². The number of nitrogens with zero attached hydrogens (tertiary/aromatic N) is 1. The molecule has 0 radical (unpaired) electrons. The number of halogens is 1. The molecule has 1 heterocycles. The van der Waals surface area contributed by atoms with Crippen LogP contribution in [0, 0.1) is 32.5 Å². The van der Waals surface area contributed by atoms with Crippen LogP contribution >= 0.6 is 0 Å². The molecule has 168 valence electrons. The molecule has 0 aromatic heterocycles. The highest BCUT2D eigenvalue weighted by Crippen LogP contribution is 2.24. The molecule has 1 saturated heterocycles. The summed E-state index contributed by atoms with van der Waals surface area (Å²) in [4.78, 5) is 14.6. The van der Waals surface area contributed by atoms with Gasteiger partial charge in [0.25, 0.3) is 0 Å². The zero-order chi connectivity index (χ0) is 22.6. The Morgan fingerprint density at radius 2 is 1.77 bits per heavy atom. The Morgan fingerprint density at radius 1 is 1.13 bits per heavy atom. The molecule has 8 heteroatoms. The average molecular weight is 448 g/mol. The van der Waals surface area contributed by atoms with Crippen molar-refractivity contribution in [3.63, 3.8) is 0 Å². The molecule has 1 aliphatic heterocycles. The van der Waals surface area contributed by atoms with E-state index in [1.54, 1.807) is 26.0 Å². The highest BCUT2D eigenvalue weighted by molar-refractivity contribution is 7.89. The van der Waals surface area contributed by atoms with Gasteiger partial charge in [-0.3, -0.25) is 4.79 Å². The Kier molecular flexibility index (Phi) is 7.33. The van der Waals surface area contributed by atoms with Crippen LogP contribution in [0.15, 0.2) is 41.3 Å². The third-order valence-corrected chi connectivity index (χ3v) is 7.35. The lowest BCUT2D eigenvalue weighted by Gasteiger charge is -2.19. The van der Waals surface area contributed by atoms with Crippen LogP contribution in [0.1, 0.15) is 29.5 Å². The van der Waals surface area contributed by atoms with Gasteiger partial charge in [-0.05, 0) is 68.5 Å². The maximum absolute atomic E-state index is 13.1. The third-order valence-electron chi connectivity index (χ3n) is 5.58.